The van der Waals surface area contributed by atoms with Crippen molar-refractivity contribution in [2.75, 3.05) is 0 Å². The van der Waals surface area contributed by atoms with E-state index in [2.05, 4.69) is 11.1 Å². The Bertz CT molecular complexity index is 657. The lowest BCUT2D eigenvalue weighted by atomic mass is 9.78. The van der Waals surface area contributed by atoms with Crippen molar-refractivity contribution in [2.24, 2.45) is 17.3 Å². The van der Waals surface area contributed by atoms with E-state index >= 15 is 0 Å². The SMILES string of the molecule is Cc1nc(/C=C/[C@@H](O)C/C=C\CCC[C@H](C)[C@H](O)[C@@H](C)C(=O)C(C)(C)C)cs1. The number of rotatable bonds is 11. The summed E-state index contributed by atoms with van der Waals surface area (Å²) in [6, 6.07) is 0. The van der Waals surface area contributed by atoms with Gasteiger partial charge in [-0.1, -0.05) is 52.8 Å². The van der Waals surface area contributed by atoms with Crippen molar-refractivity contribution in [3.63, 3.8) is 0 Å². The molecule has 2 N–H and O–H groups in total. The quantitative estimate of drug-likeness (QED) is 0.391. The Morgan fingerprint density at radius 2 is 1.93 bits per heavy atom. The van der Waals surface area contributed by atoms with E-state index < -0.39 is 17.6 Å². The number of carbonyl (C=O) groups is 1. The van der Waals surface area contributed by atoms with Crippen LogP contribution in [0.15, 0.2) is 23.6 Å². The molecule has 0 unspecified atom stereocenters. The van der Waals surface area contributed by atoms with Crippen LogP contribution in [0.5, 0.6) is 0 Å². The summed E-state index contributed by atoms with van der Waals surface area (Å²) in [5.41, 5.74) is 0.466. The Kier molecular flexibility index (Phi) is 10.3. The van der Waals surface area contributed by atoms with Crippen molar-refractivity contribution in [3.05, 3.63) is 34.3 Å². The van der Waals surface area contributed by atoms with E-state index in [1.807, 2.05) is 59.1 Å². The molecule has 0 bridgehead atoms. The molecule has 0 aromatic carbocycles. The van der Waals surface area contributed by atoms with Gasteiger partial charge >= 0.3 is 0 Å². The van der Waals surface area contributed by atoms with Gasteiger partial charge in [-0.05, 0) is 44.6 Å². The lowest BCUT2D eigenvalue weighted by Crippen LogP contribution is -2.37. The molecule has 1 aromatic rings. The zero-order valence-electron chi connectivity index (χ0n) is 18.2. The lowest BCUT2D eigenvalue weighted by Gasteiger charge is -2.29. The second-order valence-corrected chi connectivity index (χ2v) is 9.79. The number of aliphatic hydroxyl groups is 2. The van der Waals surface area contributed by atoms with Gasteiger partial charge in [-0.15, -0.1) is 11.3 Å². The monoisotopic (exact) mass is 407 g/mol. The summed E-state index contributed by atoms with van der Waals surface area (Å²) in [4.78, 5) is 16.7. The van der Waals surface area contributed by atoms with Crippen LogP contribution in [-0.2, 0) is 4.79 Å². The van der Waals surface area contributed by atoms with Crippen LogP contribution < -0.4 is 0 Å². The van der Waals surface area contributed by atoms with Crippen LogP contribution in [-0.4, -0.2) is 33.2 Å². The number of aliphatic hydroxyl groups excluding tert-OH is 2. The molecule has 0 fully saturated rings. The Morgan fingerprint density at radius 3 is 2.50 bits per heavy atom. The predicted molar refractivity (Wildman–Crippen MR) is 118 cm³/mol. The number of Topliss-reactive ketones (excluding diaryl/α,β-unsaturated/α-hetero) is 1. The minimum absolute atomic E-state index is 0.0878. The first-order valence-electron chi connectivity index (χ1n) is 10.2. The van der Waals surface area contributed by atoms with Gasteiger partial charge in [0.25, 0.3) is 0 Å². The molecular formula is C23H37NO3S. The Morgan fingerprint density at radius 1 is 1.25 bits per heavy atom. The third-order valence-electron chi connectivity index (χ3n) is 4.95. The molecule has 0 amide bonds. The number of carbonyl (C=O) groups excluding carboxylic acids is 1. The maximum absolute atomic E-state index is 12.3. The summed E-state index contributed by atoms with van der Waals surface area (Å²) in [5, 5.41) is 23.4. The number of hydrogen-bond acceptors (Lipinski definition) is 5. The molecule has 0 aliphatic heterocycles. The highest BCUT2D eigenvalue weighted by Crippen LogP contribution is 2.26. The van der Waals surface area contributed by atoms with Crippen LogP contribution in [0.3, 0.4) is 0 Å². The van der Waals surface area contributed by atoms with Crippen molar-refractivity contribution in [1.82, 2.24) is 4.98 Å². The minimum Gasteiger partial charge on any atom is -0.392 e. The molecule has 1 rings (SSSR count). The summed E-state index contributed by atoms with van der Waals surface area (Å²) in [6.07, 6.45) is 9.89. The molecule has 0 aliphatic rings. The smallest absolute Gasteiger partial charge is 0.143 e. The largest absolute Gasteiger partial charge is 0.392 e. The second kappa shape index (κ2) is 11.6. The van der Waals surface area contributed by atoms with Crippen LogP contribution in [0.4, 0.5) is 0 Å². The van der Waals surface area contributed by atoms with Crippen LogP contribution in [0.1, 0.15) is 71.0 Å². The van der Waals surface area contributed by atoms with Gasteiger partial charge in [-0.3, -0.25) is 4.79 Å². The molecule has 0 saturated heterocycles. The highest BCUT2D eigenvalue weighted by molar-refractivity contribution is 7.09. The first-order valence-corrected chi connectivity index (χ1v) is 11.1. The molecular weight excluding hydrogens is 370 g/mol. The van der Waals surface area contributed by atoms with Gasteiger partial charge in [0.15, 0.2) is 0 Å². The Labute approximate surface area is 174 Å². The number of allylic oxidation sites excluding steroid dienone is 1. The topological polar surface area (TPSA) is 70.4 Å². The number of thiazole rings is 1. The number of unbranched alkanes of at least 4 members (excludes halogenated alkanes) is 1. The summed E-state index contributed by atoms with van der Waals surface area (Å²) in [6.45, 7) is 11.5. The molecule has 1 heterocycles. The summed E-state index contributed by atoms with van der Waals surface area (Å²) in [5.74, 6) is -0.139. The zero-order valence-corrected chi connectivity index (χ0v) is 19.0. The number of ketones is 1. The van der Waals surface area contributed by atoms with Gasteiger partial charge in [-0.2, -0.15) is 0 Å². The standard InChI is InChI=1S/C23H37NO3S/c1-16(21(26)17(2)22(27)23(4,5)6)11-9-7-8-10-12-20(25)14-13-19-15-28-18(3)24-19/h8,10,13-17,20-21,25-26H,7,9,11-12H2,1-6H3/b10-8-,14-13+/t16-,17+,20-,21-/m0/s1. The van der Waals surface area contributed by atoms with Crippen molar-refractivity contribution >= 4 is 23.2 Å². The fourth-order valence-corrected chi connectivity index (χ4v) is 3.74. The normalized spacial score (nSPS) is 17.1. The number of aromatic nitrogens is 1. The molecule has 5 heteroatoms. The van der Waals surface area contributed by atoms with Gasteiger partial charge in [0.1, 0.15) is 5.78 Å². The van der Waals surface area contributed by atoms with Crippen LogP contribution in [0, 0.1) is 24.2 Å². The Hall–Kier alpha value is -1.30. The highest BCUT2D eigenvalue weighted by atomic mass is 32.1. The number of hydrogen-bond donors (Lipinski definition) is 2. The summed E-state index contributed by atoms with van der Waals surface area (Å²) >= 11 is 1.60. The summed E-state index contributed by atoms with van der Waals surface area (Å²) in [7, 11) is 0. The van der Waals surface area contributed by atoms with Crippen LogP contribution >= 0.6 is 11.3 Å². The number of aryl methyl sites for hydroxylation is 1. The molecule has 0 spiro atoms. The first-order chi connectivity index (χ1) is 13.0. The van der Waals surface area contributed by atoms with E-state index in [0.717, 1.165) is 30.0 Å². The molecule has 4 atom stereocenters. The minimum atomic E-state index is -0.600. The van der Waals surface area contributed by atoms with E-state index in [0.29, 0.717) is 6.42 Å². The highest BCUT2D eigenvalue weighted by Gasteiger charge is 2.33. The maximum atomic E-state index is 12.3. The van der Waals surface area contributed by atoms with Crippen molar-refractivity contribution in [1.29, 1.82) is 0 Å². The van der Waals surface area contributed by atoms with Gasteiger partial charge in [0, 0.05) is 16.7 Å². The average molecular weight is 408 g/mol. The van der Waals surface area contributed by atoms with E-state index in [1.165, 1.54) is 0 Å². The molecule has 1 aromatic heterocycles. The van der Waals surface area contributed by atoms with E-state index in [9.17, 15) is 15.0 Å². The van der Waals surface area contributed by atoms with E-state index in [-0.39, 0.29) is 17.6 Å². The Balaban J connectivity index is 2.28. The van der Waals surface area contributed by atoms with Gasteiger partial charge in [-0.25, -0.2) is 4.98 Å². The predicted octanol–water partition coefficient (Wildman–Crippen LogP) is 5.19. The van der Waals surface area contributed by atoms with Crippen molar-refractivity contribution in [2.45, 2.75) is 79.4 Å². The average Bonchev–Trinajstić information content (AvgIpc) is 3.05. The van der Waals surface area contributed by atoms with E-state index in [1.54, 1.807) is 17.4 Å². The maximum Gasteiger partial charge on any atom is 0.143 e. The van der Waals surface area contributed by atoms with Gasteiger partial charge < -0.3 is 10.2 Å². The molecule has 0 saturated carbocycles. The molecule has 158 valence electrons. The van der Waals surface area contributed by atoms with Crippen molar-refractivity contribution in [3.8, 4) is 0 Å². The van der Waals surface area contributed by atoms with Crippen LogP contribution in [0.2, 0.25) is 0 Å². The fourth-order valence-electron chi connectivity index (χ4n) is 3.16. The zero-order chi connectivity index (χ0) is 21.3. The fraction of sp³-hybridized carbons (Fsp3) is 0.652. The number of nitrogens with zero attached hydrogens (tertiary/aromatic N) is 1. The van der Waals surface area contributed by atoms with Gasteiger partial charge in [0.05, 0.1) is 22.9 Å². The van der Waals surface area contributed by atoms with Crippen molar-refractivity contribution < 1.29 is 15.0 Å². The second-order valence-electron chi connectivity index (χ2n) is 8.73. The molecule has 28 heavy (non-hydrogen) atoms. The molecule has 4 nitrogen and oxygen atoms in total. The van der Waals surface area contributed by atoms with Gasteiger partial charge in [0.2, 0.25) is 0 Å². The summed E-state index contributed by atoms with van der Waals surface area (Å²) < 4.78 is 0. The third kappa shape index (κ3) is 8.80. The third-order valence-corrected chi connectivity index (χ3v) is 5.74. The molecule has 0 radical (unpaired) electrons. The molecule has 0 aliphatic carbocycles. The van der Waals surface area contributed by atoms with Crippen LogP contribution in [0.25, 0.3) is 6.08 Å². The first kappa shape index (κ1) is 24.7. The van der Waals surface area contributed by atoms with E-state index in [4.69, 9.17) is 0 Å². The lowest BCUT2D eigenvalue weighted by molar-refractivity contribution is -0.134.